The smallest absolute Gasteiger partial charge is 0.274 e. The number of amidine groups is 1. The Balaban J connectivity index is 2.69. The summed E-state index contributed by atoms with van der Waals surface area (Å²) < 4.78 is 6.53. The van der Waals surface area contributed by atoms with Gasteiger partial charge >= 0.3 is 0 Å². The summed E-state index contributed by atoms with van der Waals surface area (Å²) in [6.07, 6.45) is 1.99. The molecule has 1 aromatic heterocycles. The molecule has 3 N–H and O–H groups in total. The fourth-order valence-electron chi connectivity index (χ4n) is 1.51. The van der Waals surface area contributed by atoms with Crippen molar-refractivity contribution in [3.8, 4) is 0 Å². The molecule has 8 heteroatoms. The van der Waals surface area contributed by atoms with Gasteiger partial charge in [-0.25, -0.2) is 0 Å². The number of ether oxygens (including phenoxy) is 1. The molecule has 1 heterocycles. The largest absolute Gasteiger partial charge is 0.409 e. The highest BCUT2D eigenvalue weighted by Gasteiger charge is 2.18. The Morgan fingerprint density at radius 1 is 1.63 bits per heavy atom. The Kier molecular flexibility index (Phi) is 5.80. The summed E-state index contributed by atoms with van der Waals surface area (Å²) in [5.41, 5.74) is 5.76. The molecule has 0 aliphatic rings. The van der Waals surface area contributed by atoms with Crippen molar-refractivity contribution >= 4 is 11.7 Å². The van der Waals surface area contributed by atoms with E-state index in [1.165, 1.54) is 0 Å². The third-order valence-corrected chi connectivity index (χ3v) is 2.55. The van der Waals surface area contributed by atoms with E-state index in [0.29, 0.717) is 31.8 Å². The van der Waals surface area contributed by atoms with Crippen molar-refractivity contribution in [2.75, 3.05) is 26.8 Å². The maximum absolute atomic E-state index is 12.2. The van der Waals surface area contributed by atoms with Crippen molar-refractivity contribution in [2.24, 2.45) is 17.9 Å². The van der Waals surface area contributed by atoms with Gasteiger partial charge in [-0.2, -0.15) is 5.10 Å². The predicted molar refractivity (Wildman–Crippen MR) is 69.0 cm³/mol. The summed E-state index contributed by atoms with van der Waals surface area (Å²) in [6, 6.07) is 1.64. The number of carbonyl (C=O) groups is 1. The lowest BCUT2D eigenvalue weighted by Gasteiger charge is -2.21. The summed E-state index contributed by atoms with van der Waals surface area (Å²) >= 11 is 0. The first-order valence-corrected chi connectivity index (χ1v) is 5.82. The molecule has 0 fully saturated rings. The topological polar surface area (TPSA) is 106 Å². The van der Waals surface area contributed by atoms with Crippen molar-refractivity contribution in [1.29, 1.82) is 0 Å². The summed E-state index contributed by atoms with van der Waals surface area (Å²) in [7, 11) is 3.31. The van der Waals surface area contributed by atoms with Gasteiger partial charge in [0.1, 0.15) is 11.5 Å². The average molecular weight is 269 g/mol. The first-order valence-electron chi connectivity index (χ1n) is 5.82. The number of hydrogen-bond acceptors (Lipinski definition) is 5. The minimum absolute atomic E-state index is 0.0798. The Labute approximate surface area is 111 Å². The number of oxime groups is 1. The van der Waals surface area contributed by atoms with E-state index in [4.69, 9.17) is 15.7 Å². The maximum atomic E-state index is 12.2. The first kappa shape index (κ1) is 15.0. The van der Waals surface area contributed by atoms with Gasteiger partial charge in [0.25, 0.3) is 5.91 Å². The monoisotopic (exact) mass is 269 g/mol. The van der Waals surface area contributed by atoms with Gasteiger partial charge in [0.05, 0.1) is 6.61 Å². The minimum Gasteiger partial charge on any atom is -0.409 e. The molecule has 1 amide bonds. The zero-order valence-corrected chi connectivity index (χ0v) is 11.1. The van der Waals surface area contributed by atoms with Gasteiger partial charge in [-0.3, -0.25) is 9.48 Å². The lowest BCUT2D eigenvalue weighted by Crippen LogP contribution is -2.36. The molecule has 0 aromatic carbocycles. The van der Waals surface area contributed by atoms with Crippen LogP contribution in [0.15, 0.2) is 17.4 Å². The number of rotatable bonds is 7. The molecule has 1 rings (SSSR count). The quantitative estimate of drug-likeness (QED) is 0.304. The molecular weight excluding hydrogens is 250 g/mol. The van der Waals surface area contributed by atoms with Crippen LogP contribution in [0.5, 0.6) is 0 Å². The molecule has 0 aliphatic heterocycles. The van der Waals surface area contributed by atoms with E-state index in [2.05, 4.69) is 10.3 Å². The van der Waals surface area contributed by atoms with Crippen LogP contribution >= 0.6 is 0 Å². The van der Waals surface area contributed by atoms with Gasteiger partial charge < -0.3 is 20.6 Å². The number of nitrogens with two attached hydrogens (primary N) is 1. The zero-order chi connectivity index (χ0) is 14.3. The summed E-state index contributed by atoms with van der Waals surface area (Å²) in [4.78, 5) is 13.8. The minimum atomic E-state index is -0.205. The van der Waals surface area contributed by atoms with Crippen LogP contribution in [0.3, 0.4) is 0 Å². The number of hydrogen-bond donors (Lipinski definition) is 2. The molecular formula is C11H19N5O3. The van der Waals surface area contributed by atoms with Crippen LogP contribution in [-0.4, -0.2) is 58.4 Å². The summed E-state index contributed by atoms with van der Waals surface area (Å²) in [5.74, 6) is -0.125. The molecule has 1 aromatic rings. The van der Waals surface area contributed by atoms with Crippen molar-refractivity contribution in [3.05, 3.63) is 18.0 Å². The van der Waals surface area contributed by atoms with E-state index < -0.39 is 0 Å². The molecule has 0 aliphatic carbocycles. The normalized spacial score (nSPS) is 11.6. The molecule has 106 valence electrons. The van der Waals surface area contributed by atoms with Gasteiger partial charge in [0.15, 0.2) is 0 Å². The van der Waals surface area contributed by atoms with E-state index in [9.17, 15) is 4.79 Å². The molecule has 0 unspecified atom stereocenters. The van der Waals surface area contributed by atoms with Crippen LogP contribution in [0, 0.1) is 0 Å². The zero-order valence-electron chi connectivity index (χ0n) is 11.1. The third-order valence-electron chi connectivity index (χ3n) is 2.55. The first-order chi connectivity index (χ1) is 9.08. The van der Waals surface area contributed by atoms with Crippen LogP contribution in [-0.2, 0) is 11.8 Å². The van der Waals surface area contributed by atoms with Crippen LogP contribution < -0.4 is 5.73 Å². The van der Waals surface area contributed by atoms with Gasteiger partial charge in [-0.1, -0.05) is 5.16 Å². The Morgan fingerprint density at radius 2 is 2.37 bits per heavy atom. The van der Waals surface area contributed by atoms with E-state index in [0.717, 1.165) is 0 Å². The standard InChI is InChI=1S/C11H19N5O3/c1-15-5-3-9(13-15)11(17)16(7-8-19-2)6-4-10(12)14-18/h3,5,18H,4,6-8H2,1-2H3,(H2,12,14). The number of amides is 1. The van der Waals surface area contributed by atoms with Crippen LogP contribution in [0.2, 0.25) is 0 Å². The summed E-state index contributed by atoms with van der Waals surface area (Å²) in [6.45, 7) is 1.17. The molecule has 0 saturated carbocycles. The Bertz CT molecular complexity index is 443. The van der Waals surface area contributed by atoms with Crippen molar-refractivity contribution in [1.82, 2.24) is 14.7 Å². The molecule has 0 bridgehead atoms. The molecule has 0 saturated heterocycles. The number of nitrogens with zero attached hydrogens (tertiary/aromatic N) is 4. The van der Waals surface area contributed by atoms with E-state index >= 15 is 0 Å². The van der Waals surface area contributed by atoms with Crippen LogP contribution in [0.25, 0.3) is 0 Å². The van der Waals surface area contributed by atoms with E-state index in [1.54, 1.807) is 36.0 Å². The van der Waals surface area contributed by atoms with E-state index in [1.807, 2.05) is 0 Å². The third kappa shape index (κ3) is 4.59. The number of methoxy groups -OCH3 is 1. The Morgan fingerprint density at radius 3 is 2.89 bits per heavy atom. The number of aromatic nitrogens is 2. The van der Waals surface area contributed by atoms with Crippen molar-refractivity contribution in [3.63, 3.8) is 0 Å². The molecule has 19 heavy (non-hydrogen) atoms. The Hall–Kier alpha value is -2.09. The highest BCUT2D eigenvalue weighted by molar-refractivity contribution is 5.92. The molecule has 0 spiro atoms. The highest BCUT2D eigenvalue weighted by atomic mass is 16.5. The van der Waals surface area contributed by atoms with Crippen molar-refractivity contribution < 1.29 is 14.7 Å². The predicted octanol–water partition coefficient (Wildman–Crippen LogP) is -0.355. The number of aryl methyl sites for hydroxylation is 1. The summed E-state index contributed by atoms with van der Waals surface area (Å²) in [5, 5.41) is 15.4. The van der Waals surface area contributed by atoms with Gasteiger partial charge in [0, 0.05) is 39.9 Å². The second-order valence-electron chi connectivity index (χ2n) is 4.00. The lowest BCUT2D eigenvalue weighted by atomic mass is 10.3. The van der Waals surface area contributed by atoms with Gasteiger partial charge in [-0.15, -0.1) is 0 Å². The molecule has 0 atom stereocenters. The fraction of sp³-hybridized carbons (Fsp3) is 0.545. The van der Waals surface area contributed by atoms with Gasteiger partial charge in [0.2, 0.25) is 0 Å². The van der Waals surface area contributed by atoms with Crippen molar-refractivity contribution in [2.45, 2.75) is 6.42 Å². The molecule has 0 radical (unpaired) electrons. The average Bonchev–Trinajstić information content (AvgIpc) is 2.84. The van der Waals surface area contributed by atoms with Gasteiger partial charge in [-0.05, 0) is 6.07 Å². The lowest BCUT2D eigenvalue weighted by molar-refractivity contribution is 0.0694. The SMILES string of the molecule is COCCN(CC/C(N)=N/O)C(=O)c1ccn(C)n1. The van der Waals surface area contributed by atoms with Crippen LogP contribution in [0.1, 0.15) is 16.9 Å². The fourth-order valence-corrected chi connectivity index (χ4v) is 1.51. The van der Waals surface area contributed by atoms with Crippen LogP contribution in [0.4, 0.5) is 0 Å². The van der Waals surface area contributed by atoms with E-state index in [-0.39, 0.29) is 11.7 Å². The molecule has 8 nitrogen and oxygen atoms in total. The highest BCUT2D eigenvalue weighted by Crippen LogP contribution is 2.03. The maximum Gasteiger partial charge on any atom is 0.274 e. The number of carbonyl (C=O) groups excluding carboxylic acids is 1. The second-order valence-corrected chi connectivity index (χ2v) is 4.00. The second kappa shape index (κ2) is 7.37.